The molecule has 0 amide bonds. The minimum atomic E-state index is -0.494. The van der Waals surface area contributed by atoms with Crippen LogP contribution in [0.5, 0.6) is 0 Å². The summed E-state index contributed by atoms with van der Waals surface area (Å²) >= 11 is 1.50. The average molecular weight is 363 g/mol. The van der Waals surface area contributed by atoms with Gasteiger partial charge in [-0.3, -0.25) is 4.79 Å². The Labute approximate surface area is 150 Å². The van der Waals surface area contributed by atoms with Gasteiger partial charge in [-0.05, 0) is 27.2 Å². The van der Waals surface area contributed by atoms with Crippen molar-refractivity contribution in [2.45, 2.75) is 32.8 Å². The van der Waals surface area contributed by atoms with E-state index in [1.165, 1.54) is 17.7 Å². The molecule has 8 heteroatoms. The van der Waals surface area contributed by atoms with E-state index in [0.29, 0.717) is 18.7 Å². The molecule has 3 rings (SSSR count). The molecule has 1 atom stereocenters. The van der Waals surface area contributed by atoms with Crippen LogP contribution in [0.4, 0.5) is 10.7 Å². The molecule has 1 N–H and O–H groups in total. The standard InChI is InChI=1S/C17H21N3O4S/c1-17(2,3)23-16(21)10-7-12-14(18-8-10)13(11-5-6-20-24-11)15(25-12)19-9-22-4/h5-6,9-10,18H,7-8H2,1-4H3. The second-order valence-electron chi connectivity index (χ2n) is 6.74. The molecule has 7 nitrogen and oxygen atoms in total. The molecule has 0 bridgehead atoms. The highest BCUT2D eigenvalue weighted by atomic mass is 32.1. The number of nitrogens with one attached hydrogen (secondary N) is 1. The number of methoxy groups -OCH3 is 1. The SMILES string of the molecule is COC=Nc1sc2c(c1-c1ccno1)NCC(C(=O)OC(C)(C)C)C2. The molecule has 2 aromatic rings. The van der Waals surface area contributed by atoms with Crippen molar-refractivity contribution in [3.63, 3.8) is 0 Å². The Morgan fingerprint density at radius 1 is 1.52 bits per heavy atom. The first-order valence-electron chi connectivity index (χ1n) is 7.98. The summed E-state index contributed by atoms with van der Waals surface area (Å²) in [5.41, 5.74) is 1.28. The number of rotatable bonds is 4. The van der Waals surface area contributed by atoms with Gasteiger partial charge in [-0.15, -0.1) is 11.3 Å². The van der Waals surface area contributed by atoms with E-state index < -0.39 is 5.60 Å². The number of aromatic nitrogens is 1. The lowest BCUT2D eigenvalue weighted by molar-refractivity contribution is -0.159. The fraction of sp³-hybridized carbons (Fsp3) is 0.471. The van der Waals surface area contributed by atoms with Crippen molar-refractivity contribution in [3.05, 3.63) is 17.1 Å². The van der Waals surface area contributed by atoms with Crippen molar-refractivity contribution in [2.75, 3.05) is 19.0 Å². The molecular formula is C17H21N3O4S. The van der Waals surface area contributed by atoms with E-state index in [-0.39, 0.29) is 11.9 Å². The van der Waals surface area contributed by atoms with E-state index in [2.05, 4.69) is 15.5 Å². The molecule has 2 aromatic heterocycles. The molecule has 0 radical (unpaired) electrons. The van der Waals surface area contributed by atoms with Crippen molar-refractivity contribution in [1.82, 2.24) is 5.16 Å². The third-order valence-electron chi connectivity index (χ3n) is 3.62. The number of nitrogens with zero attached hydrogens (tertiary/aromatic N) is 2. The number of ether oxygens (including phenoxy) is 2. The maximum Gasteiger partial charge on any atom is 0.311 e. The quantitative estimate of drug-likeness (QED) is 0.507. The number of esters is 1. The van der Waals surface area contributed by atoms with Crippen LogP contribution in [0.3, 0.4) is 0 Å². The summed E-state index contributed by atoms with van der Waals surface area (Å²) in [7, 11) is 1.54. The lowest BCUT2D eigenvalue weighted by Gasteiger charge is -2.27. The number of aliphatic imine (C=N–C) groups is 1. The van der Waals surface area contributed by atoms with Crippen molar-refractivity contribution in [1.29, 1.82) is 0 Å². The first kappa shape index (κ1) is 17.5. The van der Waals surface area contributed by atoms with Gasteiger partial charge >= 0.3 is 5.97 Å². The summed E-state index contributed by atoms with van der Waals surface area (Å²) in [4.78, 5) is 17.8. The maximum atomic E-state index is 12.4. The molecule has 1 aliphatic heterocycles. The zero-order valence-electron chi connectivity index (χ0n) is 14.7. The summed E-state index contributed by atoms with van der Waals surface area (Å²) in [5.74, 6) is 0.207. The normalized spacial score (nSPS) is 17.2. The van der Waals surface area contributed by atoms with E-state index in [4.69, 9.17) is 14.0 Å². The molecule has 0 aromatic carbocycles. The van der Waals surface area contributed by atoms with Crippen LogP contribution in [0.15, 0.2) is 21.8 Å². The van der Waals surface area contributed by atoms with Crippen molar-refractivity contribution in [2.24, 2.45) is 10.9 Å². The van der Waals surface area contributed by atoms with Gasteiger partial charge in [-0.2, -0.15) is 0 Å². The molecule has 0 spiro atoms. The van der Waals surface area contributed by atoms with Gasteiger partial charge in [0.1, 0.15) is 10.6 Å². The number of fused-ring (bicyclic) bond motifs is 1. The Balaban J connectivity index is 1.91. The van der Waals surface area contributed by atoms with Crippen molar-refractivity contribution < 1.29 is 18.8 Å². The van der Waals surface area contributed by atoms with E-state index in [1.54, 1.807) is 19.4 Å². The molecular weight excluding hydrogens is 342 g/mol. The van der Waals surface area contributed by atoms with Crippen LogP contribution in [0, 0.1) is 5.92 Å². The number of anilines is 1. The van der Waals surface area contributed by atoms with Gasteiger partial charge in [-0.1, -0.05) is 5.16 Å². The summed E-state index contributed by atoms with van der Waals surface area (Å²) in [6.45, 7) is 6.12. The highest BCUT2D eigenvalue weighted by Gasteiger charge is 2.33. The number of carbonyl (C=O) groups excluding carboxylic acids is 1. The lowest BCUT2D eigenvalue weighted by atomic mass is 9.98. The average Bonchev–Trinajstić information content (AvgIpc) is 3.17. The van der Waals surface area contributed by atoms with E-state index in [1.807, 2.05) is 20.8 Å². The van der Waals surface area contributed by atoms with Gasteiger partial charge in [-0.25, -0.2) is 4.99 Å². The highest BCUT2D eigenvalue weighted by molar-refractivity contribution is 7.17. The lowest BCUT2D eigenvalue weighted by Crippen LogP contribution is -2.35. The second-order valence-corrected chi connectivity index (χ2v) is 7.83. The van der Waals surface area contributed by atoms with Crippen LogP contribution in [0.2, 0.25) is 0 Å². The maximum absolute atomic E-state index is 12.4. The number of carbonyl (C=O) groups is 1. The fourth-order valence-corrected chi connectivity index (χ4v) is 3.83. The molecule has 3 heterocycles. The van der Waals surface area contributed by atoms with Crippen LogP contribution < -0.4 is 5.32 Å². The third kappa shape index (κ3) is 3.84. The largest absolute Gasteiger partial charge is 0.486 e. The van der Waals surface area contributed by atoms with Crippen LogP contribution in [-0.4, -0.2) is 36.8 Å². The first-order chi connectivity index (χ1) is 11.9. The molecule has 0 saturated carbocycles. The summed E-state index contributed by atoms with van der Waals surface area (Å²) in [5, 5.41) is 7.87. The summed E-state index contributed by atoms with van der Waals surface area (Å²) in [6.07, 6.45) is 3.57. The van der Waals surface area contributed by atoms with Crippen LogP contribution in [0.1, 0.15) is 25.6 Å². The van der Waals surface area contributed by atoms with Crippen LogP contribution >= 0.6 is 11.3 Å². The summed E-state index contributed by atoms with van der Waals surface area (Å²) in [6, 6.07) is 1.79. The molecule has 134 valence electrons. The molecule has 0 fully saturated rings. The molecule has 1 aliphatic rings. The Bertz CT molecular complexity index is 775. The van der Waals surface area contributed by atoms with Gasteiger partial charge in [0.2, 0.25) is 0 Å². The third-order valence-corrected chi connectivity index (χ3v) is 4.74. The Morgan fingerprint density at radius 3 is 2.96 bits per heavy atom. The van der Waals surface area contributed by atoms with Crippen molar-refractivity contribution >= 4 is 34.4 Å². The minimum absolute atomic E-state index is 0.192. The van der Waals surface area contributed by atoms with Gasteiger partial charge < -0.3 is 19.3 Å². The summed E-state index contributed by atoms with van der Waals surface area (Å²) < 4.78 is 15.8. The minimum Gasteiger partial charge on any atom is -0.486 e. The predicted molar refractivity (Wildman–Crippen MR) is 96.5 cm³/mol. The molecule has 25 heavy (non-hydrogen) atoms. The van der Waals surface area contributed by atoms with Crippen molar-refractivity contribution in [3.8, 4) is 11.3 Å². The Hall–Kier alpha value is -2.35. The van der Waals surface area contributed by atoms with E-state index in [0.717, 1.165) is 21.1 Å². The predicted octanol–water partition coefficient (Wildman–Crippen LogP) is 3.64. The van der Waals surface area contributed by atoms with E-state index >= 15 is 0 Å². The first-order valence-corrected chi connectivity index (χ1v) is 8.79. The van der Waals surface area contributed by atoms with E-state index in [9.17, 15) is 4.79 Å². The monoisotopic (exact) mass is 363 g/mol. The number of hydrogen-bond donors (Lipinski definition) is 1. The highest BCUT2D eigenvalue weighted by Crippen LogP contribution is 2.48. The fourth-order valence-electron chi connectivity index (χ4n) is 2.63. The smallest absolute Gasteiger partial charge is 0.311 e. The van der Waals surface area contributed by atoms with Gasteiger partial charge in [0, 0.05) is 17.5 Å². The van der Waals surface area contributed by atoms with Gasteiger partial charge in [0.25, 0.3) is 0 Å². The zero-order valence-corrected chi connectivity index (χ0v) is 15.5. The Kier molecular flexibility index (Phi) is 4.80. The van der Waals surface area contributed by atoms with Gasteiger partial charge in [0.05, 0.1) is 30.5 Å². The molecule has 0 aliphatic carbocycles. The van der Waals surface area contributed by atoms with Crippen LogP contribution in [0.25, 0.3) is 11.3 Å². The zero-order chi connectivity index (χ0) is 18.0. The Morgan fingerprint density at radius 2 is 2.32 bits per heavy atom. The number of hydrogen-bond acceptors (Lipinski definition) is 8. The number of thiophene rings is 1. The topological polar surface area (TPSA) is 86.0 Å². The molecule has 0 saturated heterocycles. The molecule has 1 unspecified atom stereocenters. The van der Waals surface area contributed by atoms with Crippen LogP contribution in [-0.2, 0) is 20.7 Å². The second kappa shape index (κ2) is 6.87. The van der Waals surface area contributed by atoms with Gasteiger partial charge in [0.15, 0.2) is 12.2 Å².